The highest BCUT2D eigenvalue weighted by Crippen LogP contribution is 2.68. The summed E-state index contributed by atoms with van der Waals surface area (Å²) in [7, 11) is -2.11. The fourth-order valence-corrected chi connectivity index (χ4v) is 51.0. The summed E-state index contributed by atoms with van der Waals surface area (Å²) in [6.45, 7) is 23.8. The molecule has 1 rings (SSSR count). The van der Waals surface area contributed by atoms with Crippen molar-refractivity contribution in [2.24, 2.45) is 0 Å². The van der Waals surface area contributed by atoms with E-state index in [1.165, 1.54) is 0 Å². The van der Waals surface area contributed by atoms with Gasteiger partial charge in [-0.25, -0.2) is 0 Å². The maximum absolute atomic E-state index is 2.70. The standard InChI is InChI=1S/C11H28Si4/c1-10-14(6,7)11(12(2)3,13(4)5)15(10,8)9/h10H,1-9H3. The third-order valence-electron chi connectivity index (χ3n) is 5.60. The zero-order valence-electron chi connectivity index (χ0n) is 12.1. The van der Waals surface area contributed by atoms with Gasteiger partial charge in [0.2, 0.25) is 0 Å². The minimum Gasteiger partial charge on any atom is -0.0715 e. The van der Waals surface area contributed by atoms with Crippen molar-refractivity contribution in [3.63, 3.8) is 0 Å². The molecule has 1 aliphatic heterocycles. The van der Waals surface area contributed by atoms with E-state index < -0.39 is 16.1 Å². The van der Waals surface area contributed by atoms with Crippen LogP contribution in [-0.4, -0.2) is 33.7 Å². The molecule has 1 aliphatic rings. The minimum absolute atomic E-state index is 0.112. The van der Waals surface area contributed by atoms with Crippen LogP contribution in [-0.2, 0) is 0 Å². The highest BCUT2D eigenvalue weighted by atomic mass is 28.5. The van der Waals surface area contributed by atoms with Crippen LogP contribution in [0.15, 0.2) is 0 Å². The molecule has 0 aromatic carbocycles. The van der Waals surface area contributed by atoms with Crippen molar-refractivity contribution in [2.75, 3.05) is 0 Å². The smallest absolute Gasteiger partial charge is 0.0455 e. The Labute approximate surface area is 102 Å². The molecule has 0 saturated carbocycles. The van der Waals surface area contributed by atoms with Gasteiger partial charge in [-0.05, 0) is 3.91 Å². The van der Waals surface area contributed by atoms with Crippen LogP contribution < -0.4 is 0 Å². The molecule has 0 aromatic heterocycles. The maximum Gasteiger partial charge on any atom is 0.0455 e. The highest BCUT2D eigenvalue weighted by molar-refractivity contribution is 7.34. The Morgan fingerprint density at radius 1 is 0.800 bits per heavy atom. The van der Waals surface area contributed by atoms with Gasteiger partial charge >= 0.3 is 0 Å². The van der Waals surface area contributed by atoms with E-state index in [1.54, 1.807) is 0 Å². The second kappa shape index (κ2) is 3.68. The Hall–Kier alpha value is 0.868. The van der Waals surface area contributed by atoms with Crippen molar-refractivity contribution in [3.05, 3.63) is 0 Å². The SMILES string of the molecule is CC1[Si](C)(C)C([Si](C)C)([Si](C)C)[Si]1(C)C. The van der Waals surface area contributed by atoms with E-state index in [1.807, 2.05) is 0 Å². The first-order valence-corrected chi connectivity index (χ1v) is 17.3. The fraction of sp³-hybridized carbons (Fsp3) is 1.00. The summed E-state index contributed by atoms with van der Waals surface area (Å²) in [5, 5.41) is 1.14. The van der Waals surface area contributed by atoms with Crippen LogP contribution in [0.4, 0.5) is 0 Å². The summed E-state index contributed by atoms with van der Waals surface area (Å²) in [6.07, 6.45) is 0. The zero-order valence-corrected chi connectivity index (χ0v) is 16.1. The first-order chi connectivity index (χ1) is 6.54. The molecule has 1 heterocycles. The minimum atomic E-state index is -0.943. The van der Waals surface area contributed by atoms with Crippen molar-refractivity contribution >= 4 is 33.7 Å². The lowest BCUT2D eigenvalue weighted by Gasteiger charge is -2.74. The van der Waals surface area contributed by atoms with E-state index in [4.69, 9.17) is 0 Å². The third kappa shape index (κ3) is 1.34. The average Bonchev–Trinajstić information content (AvgIpc) is 2.00. The van der Waals surface area contributed by atoms with Crippen LogP contribution in [0, 0.1) is 0 Å². The summed E-state index contributed by atoms with van der Waals surface area (Å²) in [5.41, 5.74) is 0. The van der Waals surface area contributed by atoms with Gasteiger partial charge in [0, 0.05) is 33.7 Å². The molecule has 2 radical (unpaired) electrons. The van der Waals surface area contributed by atoms with Crippen LogP contribution in [0.3, 0.4) is 0 Å². The van der Waals surface area contributed by atoms with Gasteiger partial charge in [0.25, 0.3) is 0 Å². The molecule has 0 nitrogen and oxygen atoms in total. The van der Waals surface area contributed by atoms with Gasteiger partial charge in [0.05, 0.1) is 0 Å². The number of hydrogen-bond acceptors (Lipinski definition) is 0. The van der Waals surface area contributed by atoms with Gasteiger partial charge in [0.15, 0.2) is 0 Å². The van der Waals surface area contributed by atoms with Crippen molar-refractivity contribution in [1.29, 1.82) is 0 Å². The first kappa shape index (κ1) is 13.9. The second-order valence-electron chi connectivity index (χ2n) is 6.92. The van der Waals surface area contributed by atoms with E-state index in [9.17, 15) is 0 Å². The molecule has 0 amide bonds. The predicted octanol–water partition coefficient (Wildman–Crippen LogP) is 4.21. The molecule has 1 saturated heterocycles. The van der Waals surface area contributed by atoms with Gasteiger partial charge < -0.3 is 0 Å². The van der Waals surface area contributed by atoms with Gasteiger partial charge in [-0.1, -0.05) is 64.5 Å². The van der Waals surface area contributed by atoms with Gasteiger partial charge in [-0.2, -0.15) is 0 Å². The van der Waals surface area contributed by atoms with E-state index in [0.717, 1.165) is 9.07 Å². The monoisotopic (exact) mass is 272 g/mol. The zero-order chi connectivity index (χ0) is 12.2. The topological polar surface area (TPSA) is 0 Å². The average molecular weight is 273 g/mol. The molecular formula is C11H28Si4. The molecule has 0 N–H and O–H groups in total. The van der Waals surface area contributed by atoms with Crippen molar-refractivity contribution in [3.8, 4) is 0 Å². The molecule has 0 aliphatic carbocycles. The molecule has 0 unspecified atom stereocenters. The summed E-state index contributed by atoms with van der Waals surface area (Å²) in [6, 6.07) is 0. The van der Waals surface area contributed by atoms with Gasteiger partial charge in [-0.15, -0.1) is 0 Å². The van der Waals surface area contributed by atoms with Crippen LogP contribution >= 0.6 is 0 Å². The van der Waals surface area contributed by atoms with E-state index in [-0.39, 0.29) is 17.6 Å². The van der Waals surface area contributed by atoms with Gasteiger partial charge in [0.1, 0.15) is 0 Å². The first-order valence-electron chi connectivity index (χ1n) is 6.15. The number of rotatable bonds is 2. The highest BCUT2D eigenvalue weighted by Gasteiger charge is 2.73. The number of hydrogen-bond donors (Lipinski definition) is 0. The van der Waals surface area contributed by atoms with E-state index >= 15 is 0 Å². The largest absolute Gasteiger partial charge is 0.0715 e. The normalized spacial score (nSPS) is 28.2. The second-order valence-corrected chi connectivity index (χ2v) is 26.1. The summed E-state index contributed by atoms with van der Waals surface area (Å²) >= 11 is 0. The Balaban J connectivity index is 3.29. The Kier molecular flexibility index (Phi) is 3.42. The molecule has 0 atom stereocenters. The fourth-order valence-electron chi connectivity index (χ4n) is 5.38. The molecule has 0 spiro atoms. The lowest BCUT2D eigenvalue weighted by atomic mass is 10.9. The molecular weight excluding hydrogens is 244 g/mol. The molecule has 15 heavy (non-hydrogen) atoms. The Bertz CT molecular complexity index is 229. The van der Waals surface area contributed by atoms with Crippen molar-refractivity contribution in [2.45, 2.75) is 68.4 Å². The quantitative estimate of drug-likeness (QED) is 0.661. The van der Waals surface area contributed by atoms with Crippen LogP contribution in [0.25, 0.3) is 0 Å². The van der Waals surface area contributed by atoms with Crippen molar-refractivity contribution < 1.29 is 0 Å². The summed E-state index contributed by atoms with van der Waals surface area (Å²) < 4.78 is 0.967. The van der Waals surface area contributed by atoms with E-state index in [2.05, 4.69) is 59.3 Å². The molecule has 0 aromatic rings. The molecule has 0 bridgehead atoms. The lowest BCUT2D eigenvalue weighted by molar-refractivity contribution is 0.980. The van der Waals surface area contributed by atoms with Gasteiger partial charge in [-0.3, -0.25) is 0 Å². The third-order valence-corrected chi connectivity index (χ3v) is 41.7. The molecule has 1 fully saturated rings. The molecule has 4 heteroatoms. The Morgan fingerprint density at radius 3 is 1.20 bits per heavy atom. The molecule has 88 valence electrons. The van der Waals surface area contributed by atoms with Crippen LogP contribution in [0.1, 0.15) is 6.92 Å². The lowest BCUT2D eigenvalue weighted by Crippen LogP contribution is -2.82. The Morgan fingerprint density at radius 2 is 1.07 bits per heavy atom. The summed E-state index contributed by atoms with van der Waals surface area (Å²) in [4.78, 5) is 0. The maximum atomic E-state index is 2.70. The van der Waals surface area contributed by atoms with E-state index in [0.29, 0.717) is 0 Å². The predicted molar refractivity (Wildman–Crippen MR) is 82.0 cm³/mol. The van der Waals surface area contributed by atoms with Crippen molar-refractivity contribution in [1.82, 2.24) is 0 Å². The van der Waals surface area contributed by atoms with Crippen LogP contribution in [0.2, 0.25) is 61.4 Å². The summed E-state index contributed by atoms with van der Waals surface area (Å²) in [5.74, 6) is 0. The van der Waals surface area contributed by atoms with Crippen LogP contribution in [0.5, 0.6) is 0 Å².